The lowest BCUT2D eigenvalue weighted by Gasteiger charge is -2.42. The lowest BCUT2D eigenvalue weighted by Crippen LogP contribution is -2.59. The standard InChI is InChI=1S/C17H31N3O2/c1-12(2)15(18)17(22)19-9-10-20(13(3)11-19)16(21)14-7-5-4-6-8-14/h12-15H,4-11,18H2,1-3H3/t13-,15-/m0/s1. The molecular formula is C17H31N3O2. The second-order valence-corrected chi connectivity index (χ2v) is 7.27. The predicted octanol–water partition coefficient (Wildman–Crippen LogP) is 1.61. The van der Waals surface area contributed by atoms with Crippen LogP contribution in [0.3, 0.4) is 0 Å². The summed E-state index contributed by atoms with van der Waals surface area (Å²) in [6.45, 7) is 7.84. The average molecular weight is 309 g/mol. The minimum Gasteiger partial charge on any atom is -0.338 e. The molecule has 1 aliphatic heterocycles. The summed E-state index contributed by atoms with van der Waals surface area (Å²) >= 11 is 0. The zero-order chi connectivity index (χ0) is 16.3. The fourth-order valence-electron chi connectivity index (χ4n) is 3.57. The molecule has 2 aliphatic rings. The van der Waals surface area contributed by atoms with E-state index in [-0.39, 0.29) is 23.8 Å². The Bertz CT molecular complexity index is 405. The molecule has 2 amide bonds. The summed E-state index contributed by atoms with van der Waals surface area (Å²) in [7, 11) is 0. The SMILES string of the molecule is CC(C)[C@H](N)C(=O)N1CCN(C(=O)C2CCCCC2)[C@@H](C)C1. The van der Waals surface area contributed by atoms with Crippen molar-refractivity contribution < 1.29 is 9.59 Å². The van der Waals surface area contributed by atoms with Crippen LogP contribution < -0.4 is 5.73 Å². The highest BCUT2D eigenvalue weighted by Crippen LogP contribution is 2.27. The van der Waals surface area contributed by atoms with Crippen LogP contribution in [-0.2, 0) is 9.59 Å². The first-order chi connectivity index (χ1) is 10.4. The van der Waals surface area contributed by atoms with Crippen molar-refractivity contribution in [3.05, 3.63) is 0 Å². The summed E-state index contributed by atoms with van der Waals surface area (Å²) < 4.78 is 0. The molecule has 2 rings (SSSR count). The fraction of sp³-hybridized carbons (Fsp3) is 0.882. The summed E-state index contributed by atoms with van der Waals surface area (Å²) in [5.41, 5.74) is 5.98. The van der Waals surface area contributed by atoms with Gasteiger partial charge >= 0.3 is 0 Å². The van der Waals surface area contributed by atoms with E-state index in [9.17, 15) is 9.59 Å². The Morgan fingerprint density at radius 3 is 2.27 bits per heavy atom. The molecule has 2 atom stereocenters. The summed E-state index contributed by atoms with van der Waals surface area (Å²) in [5, 5.41) is 0. The van der Waals surface area contributed by atoms with E-state index in [4.69, 9.17) is 5.73 Å². The second kappa shape index (κ2) is 7.44. The highest BCUT2D eigenvalue weighted by Gasteiger charge is 2.35. The molecule has 1 saturated heterocycles. The summed E-state index contributed by atoms with van der Waals surface area (Å²) in [6.07, 6.45) is 5.67. The molecule has 5 heteroatoms. The lowest BCUT2D eigenvalue weighted by molar-refractivity contribution is -0.146. The molecule has 0 radical (unpaired) electrons. The van der Waals surface area contributed by atoms with Gasteiger partial charge in [0.05, 0.1) is 6.04 Å². The maximum atomic E-state index is 12.7. The minimum absolute atomic E-state index is 0.0200. The van der Waals surface area contributed by atoms with E-state index >= 15 is 0 Å². The fourth-order valence-corrected chi connectivity index (χ4v) is 3.57. The summed E-state index contributed by atoms with van der Waals surface area (Å²) in [6, 6.07) is -0.348. The topological polar surface area (TPSA) is 66.6 Å². The third-order valence-electron chi connectivity index (χ3n) is 5.18. The zero-order valence-electron chi connectivity index (χ0n) is 14.3. The van der Waals surface area contributed by atoms with Gasteiger partial charge in [0, 0.05) is 31.6 Å². The van der Waals surface area contributed by atoms with Crippen molar-refractivity contribution in [2.24, 2.45) is 17.6 Å². The van der Waals surface area contributed by atoms with Gasteiger partial charge in [-0.05, 0) is 25.7 Å². The Balaban J connectivity index is 1.92. The van der Waals surface area contributed by atoms with E-state index in [1.54, 1.807) is 0 Å². The number of hydrogen-bond acceptors (Lipinski definition) is 3. The van der Waals surface area contributed by atoms with Crippen molar-refractivity contribution in [3.63, 3.8) is 0 Å². The van der Waals surface area contributed by atoms with Crippen molar-refractivity contribution in [3.8, 4) is 0 Å². The highest BCUT2D eigenvalue weighted by atomic mass is 16.2. The molecule has 0 aromatic carbocycles. The van der Waals surface area contributed by atoms with Gasteiger partial charge in [0.1, 0.15) is 0 Å². The van der Waals surface area contributed by atoms with E-state index in [0.717, 1.165) is 12.8 Å². The number of carbonyl (C=O) groups excluding carboxylic acids is 2. The molecule has 1 saturated carbocycles. The second-order valence-electron chi connectivity index (χ2n) is 7.27. The smallest absolute Gasteiger partial charge is 0.239 e. The van der Waals surface area contributed by atoms with E-state index in [1.807, 2.05) is 30.6 Å². The molecule has 0 aromatic heterocycles. The van der Waals surface area contributed by atoms with Gasteiger partial charge in [-0.1, -0.05) is 33.1 Å². The molecule has 0 unspecified atom stereocenters. The maximum Gasteiger partial charge on any atom is 0.239 e. The van der Waals surface area contributed by atoms with Gasteiger partial charge < -0.3 is 15.5 Å². The van der Waals surface area contributed by atoms with E-state index in [1.165, 1.54) is 19.3 Å². The molecule has 0 spiro atoms. The number of amides is 2. The summed E-state index contributed by atoms with van der Waals surface area (Å²) in [4.78, 5) is 28.9. The Hall–Kier alpha value is -1.10. The Morgan fingerprint density at radius 1 is 1.09 bits per heavy atom. The molecule has 0 aromatic rings. The van der Waals surface area contributed by atoms with Gasteiger partial charge in [-0.2, -0.15) is 0 Å². The van der Waals surface area contributed by atoms with Crippen LogP contribution in [0.25, 0.3) is 0 Å². The Labute approximate surface area is 134 Å². The normalized spacial score (nSPS) is 25.4. The van der Waals surface area contributed by atoms with E-state index in [0.29, 0.717) is 25.5 Å². The molecule has 5 nitrogen and oxygen atoms in total. The number of nitrogens with zero attached hydrogens (tertiary/aromatic N) is 2. The highest BCUT2D eigenvalue weighted by molar-refractivity contribution is 5.83. The monoisotopic (exact) mass is 309 g/mol. The predicted molar refractivity (Wildman–Crippen MR) is 87.1 cm³/mol. The first-order valence-corrected chi connectivity index (χ1v) is 8.76. The number of rotatable bonds is 3. The largest absolute Gasteiger partial charge is 0.338 e. The van der Waals surface area contributed by atoms with Crippen LogP contribution in [0.1, 0.15) is 52.9 Å². The maximum absolute atomic E-state index is 12.7. The average Bonchev–Trinajstić information content (AvgIpc) is 2.53. The third-order valence-corrected chi connectivity index (χ3v) is 5.18. The van der Waals surface area contributed by atoms with Crippen LogP contribution in [0.15, 0.2) is 0 Å². The molecule has 2 N–H and O–H groups in total. The first-order valence-electron chi connectivity index (χ1n) is 8.76. The van der Waals surface area contributed by atoms with Gasteiger partial charge in [0.2, 0.25) is 11.8 Å². The molecule has 1 aliphatic carbocycles. The molecule has 126 valence electrons. The third kappa shape index (κ3) is 3.80. The minimum atomic E-state index is -0.437. The lowest BCUT2D eigenvalue weighted by atomic mass is 9.87. The number of nitrogens with two attached hydrogens (primary N) is 1. The number of piperazine rings is 1. The van der Waals surface area contributed by atoms with Crippen molar-refractivity contribution in [1.82, 2.24) is 9.80 Å². The molecular weight excluding hydrogens is 278 g/mol. The summed E-state index contributed by atoms with van der Waals surface area (Å²) in [5.74, 6) is 0.667. The van der Waals surface area contributed by atoms with Gasteiger partial charge in [-0.15, -0.1) is 0 Å². The van der Waals surface area contributed by atoms with Gasteiger partial charge in [0.15, 0.2) is 0 Å². The van der Waals surface area contributed by atoms with Crippen LogP contribution in [0.2, 0.25) is 0 Å². The van der Waals surface area contributed by atoms with Crippen LogP contribution in [-0.4, -0.2) is 53.3 Å². The number of carbonyl (C=O) groups is 2. The Morgan fingerprint density at radius 2 is 1.73 bits per heavy atom. The van der Waals surface area contributed by atoms with Crippen LogP contribution >= 0.6 is 0 Å². The van der Waals surface area contributed by atoms with Crippen molar-refractivity contribution in [2.75, 3.05) is 19.6 Å². The van der Waals surface area contributed by atoms with Crippen LogP contribution in [0, 0.1) is 11.8 Å². The van der Waals surface area contributed by atoms with Crippen LogP contribution in [0.4, 0.5) is 0 Å². The van der Waals surface area contributed by atoms with Crippen LogP contribution in [0.5, 0.6) is 0 Å². The molecule has 2 fully saturated rings. The molecule has 22 heavy (non-hydrogen) atoms. The van der Waals surface area contributed by atoms with Gasteiger partial charge in [0.25, 0.3) is 0 Å². The zero-order valence-corrected chi connectivity index (χ0v) is 14.3. The molecule has 1 heterocycles. The number of hydrogen-bond donors (Lipinski definition) is 1. The Kier molecular flexibility index (Phi) is 5.84. The van der Waals surface area contributed by atoms with Gasteiger partial charge in [-0.3, -0.25) is 9.59 Å². The van der Waals surface area contributed by atoms with Crippen molar-refractivity contribution in [2.45, 2.75) is 65.0 Å². The van der Waals surface area contributed by atoms with Crippen molar-refractivity contribution in [1.29, 1.82) is 0 Å². The van der Waals surface area contributed by atoms with Crippen molar-refractivity contribution >= 4 is 11.8 Å². The quantitative estimate of drug-likeness (QED) is 0.861. The van der Waals surface area contributed by atoms with E-state index < -0.39 is 6.04 Å². The molecule has 0 bridgehead atoms. The van der Waals surface area contributed by atoms with Gasteiger partial charge in [-0.25, -0.2) is 0 Å². The first kappa shape index (κ1) is 17.3. The van der Waals surface area contributed by atoms with E-state index in [2.05, 4.69) is 0 Å².